The average molecular weight is 1470 g/mol. The van der Waals surface area contributed by atoms with Crippen LogP contribution in [-0.4, -0.2) is 179 Å². The first-order valence-electron chi connectivity index (χ1n) is 32.5. The van der Waals surface area contributed by atoms with Gasteiger partial charge in [0.15, 0.2) is 0 Å². The van der Waals surface area contributed by atoms with Crippen LogP contribution in [0.3, 0.4) is 0 Å². The molecule has 0 bridgehead atoms. The van der Waals surface area contributed by atoms with E-state index in [9.17, 15) is 67.1 Å². The third-order valence-electron chi connectivity index (χ3n) is 16.1. The topological polar surface area (TPSA) is 405 Å². The van der Waals surface area contributed by atoms with Crippen molar-refractivity contribution in [1.82, 2.24) is 69.1 Å². The predicted molar refractivity (Wildman–Crippen MR) is 392 cm³/mol. The van der Waals surface area contributed by atoms with E-state index < -0.39 is 172 Å². The van der Waals surface area contributed by atoms with Crippen molar-refractivity contribution in [3.8, 4) is 0 Å². The van der Waals surface area contributed by atoms with Crippen molar-refractivity contribution in [3.63, 3.8) is 0 Å². The van der Waals surface area contributed by atoms with E-state index in [4.69, 9.17) is 23.6 Å². The molecule has 4 rings (SSSR count). The maximum atomic E-state index is 14.7. The lowest BCUT2D eigenvalue weighted by Crippen LogP contribution is -2.63. The Bertz CT molecular complexity index is 3710. The van der Waals surface area contributed by atoms with Crippen LogP contribution in [-0.2, 0) is 95.5 Å². The fourth-order valence-electron chi connectivity index (χ4n) is 9.75. The van der Waals surface area contributed by atoms with Crippen LogP contribution in [0.1, 0.15) is 104 Å². The van der Waals surface area contributed by atoms with Gasteiger partial charge in [0, 0.05) is 31.3 Å². The Morgan fingerprint density at radius 1 is 0.327 bits per heavy atom. The minimum atomic E-state index is -3.05. The van der Waals surface area contributed by atoms with Crippen LogP contribution < -0.4 is 90.3 Å². The molecule has 28 nitrogen and oxygen atoms in total. The second-order valence-electron chi connectivity index (χ2n) is 26.1. The average Bonchev–Trinajstić information content (AvgIpc) is 0.789. The minimum absolute atomic E-state index is 0.163. The highest BCUT2D eigenvalue weighted by molar-refractivity contribution is 8.22. The van der Waals surface area contributed by atoms with Gasteiger partial charge in [-0.2, -0.15) is 0 Å². The highest BCUT2D eigenvalue weighted by Gasteiger charge is 2.41. The number of nitrogens with one attached hydrogen (secondary N) is 13. The lowest BCUT2D eigenvalue weighted by Gasteiger charge is -2.33. The number of rotatable bonds is 34. The fourth-order valence-corrected chi connectivity index (χ4v) is 17.7. The van der Waals surface area contributed by atoms with Crippen molar-refractivity contribution in [2.45, 2.75) is 181 Å². The summed E-state index contributed by atoms with van der Waals surface area (Å²) in [6.07, 6.45) is -0.359. The lowest BCUT2D eigenvalue weighted by molar-refractivity contribution is -0.145. The van der Waals surface area contributed by atoms with E-state index >= 15 is 0 Å². The summed E-state index contributed by atoms with van der Waals surface area (Å²) in [5.41, 5.74) is -5.09. The van der Waals surface area contributed by atoms with E-state index in [-0.39, 0.29) is 12.3 Å². The van der Waals surface area contributed by atoms with Gasteiger partial charge in [-0.25, -0.2) is 4.79 Å². The van der Waals surface area contributed by atoms with Crippen molar-refractivity contribution in [3.05, 3.63) is 121 Å². The van der Waals surface area contributed by atoms with Crippen LogP contribution in [0.15, 0.2) is 121 Å². The first kappa shape index (κ1) is 84.2. The Labute approximate surface area is 599 Å². The molecule has 0 fully saturated rings. The Kier molecular flexibility index (Phi) is 30.8. The monoisotopic (exact) mass is 1470 g/mol. The molecule has 10 atom stereocenters. The molecule has 0 aliphatic carbocycles. The summed E-state index contributed by atoms with van der Waals surface area (Å²) in [4.78, 5) is 189. The molecule has 0 saturated heterocycles. The third-order valence-corrected chi connectivity index (χ3v) is 25.8. The second-order valence-corrected chi connectivity index (χ2v) is 35.6. The van der Waals surface area contributed by atoms with Crippen molar-refractivity contribution in [2.24, 2.45) is 0 Å². The van der Waals surface area contributed by atoms with Crippen molar-refractivity contribution in [1.29, 1.82) is 0 Å². The van der Waals surface area contributed by atoms with Crippen molar-refractivity contribution >= 4 is 140 Å². The smallest absolute Gasteiger partial charge is 0.328 e. The molecule has 4 aromatic rings. The van der Waals surface area contributed by atoms with Crippen LogP contribution in [0.2, 0.25) is 0 Å². The number of methoxy groups -OCH3 is 1. The van der Waals surface area contributed by atoms with Crippen LogP contribution in [0.25, 0.3) is 0 Å². The molecule has 0 heterocycles. The molecule has 32 heteroatoms. The predicted octanol–water partition coefficient (Wildman–Crippen LogP) is -0.868. The van der Waals surface area contributed by atoms with E-state index in [1.165, 1.54) is 104 Å². The summed E-state index contributed by atoms with van der Waals surface area (Å²) >= 11 is 13.0. The molecule has 0 radical (unpaired) electrons. The van der Waals surface area contributed by atoms with Gasteiger partial charge in [-0.1, -0.05) is 145 Å². The number of benzene rings is 4. The largest absolute Gasteiger partial charge is 0.467 e. The molecule has 0 saturated carbocycles. The molecule has 0 spiro atoms. The molecule has 0 aromatic heterocycles. The summed E-state index contributed by atoms with van der Waals surface area (Å²) in [5, 5.41) is 36.1. The number of esters is 1. The molecule has 4 aromatic carbocycles. The zero-order valence-electron chi connectivity index (χ0n) is 59.6. The number of amides is 13. The number of hydrogen-bond acceptors (Lipinski definition) is 17. The number of carbonyl (C=O) groups excluding carboxylic acids is 14. The standard InChI is InChI=1S/C69H95N13O15P2S2/c1-39(73-61(91)52(37-98(100,48-29-21-17-22-30-48)49-31-23-18-24-32-49)78-57(87)42(4)77-65(95)67(10,11)80-58(88)43(5)70-47(9)83)54(84)72-45(7)60(90)82-69(14,15)66(96)79-53(38-99(101,50-33-25-19-26-34-50)51-35-27-20-28-36-51)62(92)74-40(2)55(85)71-44(6)59(89)81-68(12,13)64(94)76-41(3)56(86)75-46(8)63(93)97-16/h17-36,39-46,52-53H,37-38H2,1-16H3,(H,70,83)(H,71,85)(H,72,84)(H,73,91)(H,74,92)(H,75,86)(H,76,94)(H,77,95)(H,78,87)(H,79,96)(H,80,88)(H,81,89)(H,82,90)/t39-,40-,41-,42-,43-,44-,45-,46-,52+,53+/m0/s1. The zero-order chi connectivity index (χ0) is 76.1. The van der Waals surface area contributed by atoms with E-state index in [0.29, 0.717) is 21.2 Å². The third kappa shape index (κ3) is 24.2. The molecule has 0 aliphatic rings. The Hall–Kier alpha value is -9.24. The van der Waals surface area contributed by atoms with Gasteiger partial charge in [0.2, 0.25) is 76.8 Å². The molecule has 13 N–H and O–H groups in total. The molecule has 0 unspecified atom stereocenters. The molecule has 0 aliphatic heterocycles. The van der Waals surface area contributed by atoms with Crippen molar-refractivity contribution < 1.29 is 71.9 Å². The van der Waals surface area contributed by atoms with Gasteiger partial charge in [-0.3, -0.25) is 62.3 Å². The summed E-state index contributed by atoms with van der Waals surface area (Å²) in [7, 11) is 1.15. The van der Waals surface area contributed by atoms with Gasteiger partial charge < -0.3 is 73.9 Å². The summed E-state index contributed by atoms with van der Waals surface area (Å²) < 4.78 is 4.62. The Morgan fingerprint density at radius 3 is 0.842 bits per heavy atom. The van der Waals surface area contributed by atoms with Crippen molar-refractivity contribution in [2.75, 3.05) is 19.4 Å². The highest BCUT2D eigenvalue weighted by Crippen LogP contribution is 2.45. The Morgan fingerprint density at radius 2 is 0.554 bits per heavy atom. The van der Waals surface area contributed by atoms with E-state index in [0.717, 1.165) is 7.11 Å². The van der Waals surface area contributed by atoms with E-state index in [2.05, 4.69) is 73.9 Å². The van der Waals surface area contributed by atoms with Gasteiger partial charge in [-0.05, 0) is 118 Å². The summed E-state index contributed by atoms with van der Waals surface area (Å²) in [5.74, 6) is -11.0. The van der Waals surface area contributed by atoms with E-state index in [1.54, 1.807) is 97.1 Å². The summed E-state index contributed by atoms with van der Waals surface area (Å²) in [6, 6.07) is 16.9. The number of hydrogen-bond donors (Lipinski definition) is 13. The maximum absolute atomic E-state index is 14.7. The normalized spacial score (nSPS) is 14.7. The van der Waals surface area contributed by atoms with Gasteiger partial charge in [-0.15, -0.1) is 0 Å². The SMILES string of the molecule is COC(=O)[C@H](C)NC(=O)[C@H](C)NC(=O)C(C)(C)NC(=O)[C@H](C)NC(=O)[C@H](C)NC(=O)[C@@H](CP(=S)(c1ccccc1)c1ccccc1)NC(=O)C(C)(C)NC(=O)[C@H](C)NC(=O)[C@H](C)NC(=O)[C@@H](CP(=S)(c1ccccc1)c1ccccc1)NC(=O)[C@H](C)NC(=O)C(C)(C)NC(=O)[C@H](C)NC(C)=O. The summed E-state index contributed by atoms with van der Waals surface area (Å²) in [6.45, 7) is 20.3. The van der Waals surface area contributed by atoms with Crippen LogP contribution in [0.4, 0.5) is 0 Å². The van der Waals surface area contributed by atoms with Crippen LogP contribution >= 0.6 is 12.1 Å². The molecule has 101 heavy (non-hydrogen) atoms. The number of ether oxygens (including phenoxy) is 1. The highest BCUT2D eigenvalue weighted by atomic mass is 32.4. The van der Waals surface area contributed by atoms with Gasteiger partial charge in [0.1, 0.15) is 77.0 Å². The second kappa shape index (κ2) is 36.9. The molecule has 13 amide bonds. The number of carbonyl (C=O) groups is 14. The van der Waals surface area contributed by atoms with Crippen LogP contribution in [0.5, 0.6) is 0 Å². The van der Waals surface area contributed by atoms with Gasteiger partial charge in [0.05, 0.1) is 7.11 Å². The first-order chi connectivity index (χ1) is 47.0. The van der Waals surface area contributed by atoms with Gasteiger partial charge >= 0.3 is 5.97 Å². The first-order valence-corrected chi connectivity index (χ1v) is 38.4. The van der Waals surface area contributed by atoms with E-state index in [1.807, 2.05) is 24.3 Å². The Balaban J connectivity index is 1.54. The molecular weight excluding hydrogens is 1380 g/mol. The van der Waals surface area contributed by atoms with Crippen LogP contribution in [0, 0.1) is 0 Å². The minimum Gasteiger partial charge on any atom is -0.467 e. The quantitative estimate of drug-likeness (QED) is 0.0200. The molecular formula is C69H95N13O15P2S2. The zero-order valence-corrected chi connectivity index (χ0v) is 63.0. The van der Waals surface area contributed by atoms with Gasteiger partial charge in [0.25, 0.3) is 0 Å². The maximum Gasteiger partial charge on any atom is 0.328 e. The molecule has 548 valence electrons. The fraction of sp³-hybridized carbons (Fsp3) is 0.449. The lowest BCUT2D eigenvalue weighted by atomic mass is 10.0.